The molecule has 19 heavy (non-hydrogen) atoms. The molecule has 0 unspecified atom stereocenters. The molecule has 0 heterocycles. The summed E-state index contributed by atoms with van der Waals surface area (Å²) in [5.74, 6) is 2.40. The Morgan fingerprint density at radius 3 is 2.53 bits per heavy atom. The predicted octanol–water partition coefficient (Wildman–Crippen LogP) is 4.83. The molecule has 0 bridgehead atoms. The third-order valence-electron chi connectivity index (χ3n) is 2.91. The van der Waals surface area contributed by atoms with Crippen molar-refractivity contribution in [3.05, 3.63) is 23.8 Å². The zero-order valence-electron chi connectivity index (χ0n) is 12.1. The Kier molecular flexibility index (Phi) is 8.48. The molecule has 0 aromatic heterocycles. The number of ether oxygens (including phenoxy) is 2. The Balaban J connectivity index is 2.62. The summed E-state index contributed by atoms with van der Waals surface area (Å²) in [4.78, 5) is 0. The molecule has 0 saturated carbocycles. The summed E-state index contributed by atoms with van der Waals surface area (Å²) in [6.45, 7) is 5.60. The molecular formula is C16H25ClO2. The van der Waals surface area contributed by atoms with Gasteiger partial charge < -0.3 is 9.47 Å². The number of benzene rings is 1. The van der Waals surface area contributed by atoms with Gasteiger partial charge in [-0.3, -0.25) is 0 Å². The van der Waals surface area contributed by atoms with E-state index in [2.05, 4.69) is 19.1 Å². The average molecular weight is 285 g/mol. The highest BCUT2D eigenvalue weighted by molar-refractivity contribution is 6.17. The summed E-state index contributed by atoms with van der Waals surface area (Å²) >= 11 is 5.73. The maximum Gasteiger partial charge on any atom is 0.161 e. The SMILES string of the molecule is CCCCCOc1ccc(CCCCl)cc1OCC. The van der Waals surface area contributed by atoms with E-state index in [0.29, 0.717) is 12.5 Å². The zero-order valence-corrected chi connectivity index (χ0v) is 12.8. The van der Waals surface area contributed by atoms with Gasteiger partial charge in [-0.2, -0.15) is 0 Å². The van der Waals surface area contributed by atoms with Crippen molar-refractivity contribution in [3.63, 3.8) is 0 Å². The van der Waals surface area contributed by atoms with E-state index in [1.54, 1.807) is 0 Å². The Bertz CT molecular complexity index is 353. The van der Waals surface area contributed by atoms with Gasteiger partial charge in [0.15, 0.2) is 11.5 Å². The molecule has 0 amide bonds. The van der Waals surface area contributed by atoms with Gasteiger partial charge in [-0.25, -0.2) is 0 Å². The summed E-state index contributed by atoms with van der Waals surface area (Å²) in [5, 5.41) is 0. The van der Waals surface area contributed by atoms with Gasteiger partial charge in [-0.05, 0) is 43.9 Å². The van der Waals surface area contributed by atoms with Crippen molar-refractivity contribution in [2.24, 2.45) is 0 Å². The van der Waals surface area contributed by atoms with Gasteiger partial charge in [0.05, 0.1) is 13.2 Å². The average Bonchev–Trinajstić information content (AvgIpc) is 2.43. The number of rotatable bonds is 10. The number of halogens is 1. The van der Waals surface area contributed by atoms with Crippen molar-refractivity contribution in [1.82, 2.24) is 0 Å². The number of aryl methyl sites for hydroxylation is 1. The largest absolute Gasteiger partial charge is 0.490 e. The number of unbranched alkanes of at least 4 members (excludes halogenated alkanes) is 2. The molecule has 0 spiro atoms. The van der Waals surface area contributed by atoms with Crippen LogP contribution >= 0.6 is 11.6 Å². The first-order chi connectivity index (χ1) is 9.31. The van der Waals surface area contributed by atoms with Crippen LogP contribution in [0.5, 0.6) is 11.5 Å². The van der Waals surface area contributed by atoms with Crippen LogP contribution in [-0.2, 0) is 6.42 Å². The normalized spacial score (nSPS) is 10.5. The molecule has 1 aromatic rings. The highest BCUT2D eigenvalue weighted by Gasteiger charge is 2.06. The van der Waals surface area contributed by atoms with Crippen molar-refractivity contribution in [2.75, 3.05) is 19.1 Å². The summed E-state index contributed by atoms with van der Waals surface area (Å²) in [5.41, 5.74) is 1.25. The molecule has 0 aliphatic carbocycles. The molecule has 0 fully saturated rings. The quantitative estimate of drug-likeness (QED) is 0.453. The molecule has 0 radical (unpaired) electrons. The zero-order chi connectivity index (χ0) is 13.9. The first-order valence-corrected chi connectivity index (χ1v) is 7.79. The maximum atomic E-state index is 5.80. The van der Waals surface area contributed by atoms with Crippen LogP contribution in [0.25, 0.3) is 0 Å². The molecule has 3 heteroatoms. The monoisotopic (exact) mass is 284 g/mol. The Labute approximate surface area is 122 Å². The summed E-state index contributed by atoms with van der Waals surface area (Å²) < 4.78 is 11.5. The first-order valence-electron chi connectivity index (χ1n) is 7.26. The lowest BCUT2D eigenvalue weighted by molar-refractivity contribution is 0.271. The Hall–Kier alpha value is -0.890. The van der Waals surface area contributed by atoms with Gasteiger partial charge in [-0.1, -0.05) is 25.8 Å². The predicted molar refractivity (Wildman–Crippen MR) is 81.7 cm³/mol. The van der Waals surface area contributed by atoms with Crippen LogP contribution in [0.4, 0.5) is 0 Å². The van der Waals surface area contributed by atoms with Gasteiger partial charge >= 0.3 is 0 Å². The minimum Gasteiger partial charge on any atom is -0.490 e. The van der Waals surface area contributed by atoms with Gasteiger partial charge in [0.2, 0.25) is 0 Å². The van der Waals surface area contributed by atoms with Crippen molar-refractivity contribution in [1.29, 1.82) is 0 Å². The minimum atomic E-state index is 0.657. The minimum absolute atomic E-state index is 0.657. The van der Waals surface area contributed by atoms with Crippen molar-refractivity contribution in [3.8, 4) is 11.5 Å². The van der Waals surface area contributed by atoms with Crippen LogP contribution < -0.4 is 9.47 Å². The second kappa shape index (κ2) is 9.96. The van der Waals surface area contributed by atoms with Crippen molar-refractivity contribution >= 4 is 11.6 Å². The first kappa shape index (κ1) is 16.2. The lowest BCUT2D eigenvalue weighted by Crippen LogP contribution is -2.01. The second-order valence-electron chi connectivity index (χ2n) is 4.56. The Morgan fingerprint density at radius 1 is 1.00 bits per heavy atom. The Morgan fingerprint density at radius 2 is 1.84 bits per heavy atom. The topological polar surface area (TPSA) is 18.5 Å². The molecule has 0 atom stereocenters. The molecule has 0 N–H and O–H groups in total. The highest BCUT2D eigenvalue weighted by atomic mass is 35.5. The maximum absolute atomic E-state index is 5.80. The van der Waals surface area contributed by atoms with Crippen LogP contribution in [0, 0.1) is 0 Å². The molecule has 1 rings (SSSR count). The fraction of sp³-hybridized carbons (Fsp3) is 0.625. The smallest absolute Gasteiger partial charge is 0.161 e. The summed E-state index contributed by atoms with van der Waals surface area (Å²) in [7, 11) is 0. The fourth-order valence-electron chi connectivity index (χ4n) is 1.90. The molecule has 0 saturated heterocycles. The van der Waals surface area contributed by atoms with E-state index in [1.165, 1.54) is 18.4 Å². The third kappa shape index (κ3) is 6.20. The van der Waals surface area contributed by atoms with Gasteiger partial charge in [0.1, 0.15) is 0 Å². The molecule has 0 aliphatic rings. The van der Waals surface area contributed by atoms with E-state index in [4.69, 9.17) is 21.1 Å². The van der Waals surface area contributed by atoms with E-state index in [-0.39, 0.29) is 0 Å². The lowest BCUT2D eigenvalue weighted by Gasteiger charge is -2.13. The van der Waals surface area contributed by atoms with Crippen molar-refractivity contribution < 1.29 is 9.47 Å². The van der Waals surface area contributed by atoms with E-state index in [1.807, 2.05) is 13.0 Å². The molecule has 0 aliphatic heterocycles. The van der Waals surface area contributed by atoms with Crippen LogP contribution in [0.3, 0.4) is 0 Å². The van der Waals surface area contributed by atoms with Gasteiger partial charge in [0.25, 0.3) is 0 Å². The van der Waals surface area contributed by atoms with E-state index < -0.39 is 0 Å². The molecule has 108 valence electrons. The standard InChI is InChI=1S/C16H25ClO2/c1-3-5-6-12-19-15-10-9-14(8-7-11-17)13-16(15)18-4-2/h9-10,13H,3-8,11-12H2,1-2H3. The van der Waals surface area contributed by atoms with Gasteiger partial charge in [0, 0.05) is 5.88 Å². The molecular weight excluding hydrogens is 260 g/mol. The third-order valence-corrected chi connectivity index (χ3v) is 3.18. The van der Waals surface area contributed by atoms with E-state index in [0.717, 1.165) is 37.4 Å². The van der Waals surface area contributed by atoms with Crippen molar-refractivity contribution in [2.45, 2.75) is 46.0 Å². The molecule has 2 nitrogen and oxygen atoms in total. The van der Waals surface area contributed by atoms with Crippen LogP contribution in [0.2, 0.25) is 0 Å². The fourth-order valence-corrected chi connectivity index (χ4v) is 2.03. The van der Waals surface area contributed by atoms with Crippen LogP contribution in [0.15, 0.2) is 18.2 Å². The lowest BCUT2D eigenvalue weighted by atomic mass is 10.1. The van der Waals surface area contributed by atoms with E-state index in [9.17, 15) is 0 Å². The highest BCUT2D eigenvalue weighted by Crippen LogP contribution is 2.29. The molecule has 1 aromatic carbocycles. The van der Waals surface area contributed by atoms with E-state index >= 15 is 0 Å². The second-order valence-corrected chi connectivity index (χ2v) is 4.94. The number of hydrogen-bond acceptors (Lipinski definition) is 2. The van der Waals surface area contributed by atoms with Crippen LogP contribution in [-0.4, -0.2) is 19.1 Å². The number of hydrogen-bond donors (Lipinski definition) is 0. The van der Waals surface area contributed by atoms with Crippen LogP contribution in [0.1, 0.15) is 45.1 Å². The summed E-state index contributed by atoms with van der Waals surface area (Å²) in [6.07, 6.45) is 5.48. The van der Waals surface area contributed by atoms with Gasteiger partial charge in [-0.15, -0.1) is 11.6 Å². The summed E-state index contributed by atoms with van der Waals surface area (Å²) in [6, 6.07) is 6.19. The number of alkyl halides is 1.